The number of carbonyl (C=O) groups is 3. The summed E-state index contributed by atoms with van der Waals surface area (Å²) in [5.41, 5.74) is 0. The van der Waals surface area contributed by atoms with Crippen LogP contribution >= 0.6 is 7.82 Å². The normalized spacial score (nSPS) is 14.0. The van der Waals surface area contributed by atoms with E-state index in [9.17, 15) is 28.9 Å². The molecule has 3 atom stereocenters. The molecular weight excluding hydrogens is 976 g/mol. The zero-order valence-corrected chi connectivity index (χ0v) is 49.1. The second kappa shape index (κ2) is 57.6. The van der Waals surface area contributed by atoms with Crippen LogP contribution in [0.4, 0.5) is 0 Å². The molecule has 0 aromatic rings. The summed E-state index contributed by atoms with van der Waals surface area (Å²) >= 11 is 0. The van der Waals surface area contributed by atoms with Crippen LogP contribution in [0, 0.1) is 0 Å². The van der Waals surface area contributed by atoms with Crippen molar-refractivity contribution in [1.29, 1.82) is 0 Å². The highest BCUT2D eigenvalue weighted by Crippen LogP contribution is 2.43. The summed E-state index contributed by atoms with van der Waals surface area (Å²) in [4.78, 5) is 48.6. The Hall–Kier alpha value is -3.60. The third-order valence-corrected chi connectivity index (χ3v) is 13.4. The monoisotopic (exact) mass is 1080 g/mol. The molecule has 0 fully saturated rings. The molecule has 0 rings (SSSR count). The third-order valence-electron chi connectivity index (χ3n) is 12.5. The van der Waals surface area contributed by atoms with Crippen molar-refractivity contribution in [3.8, 4) is 0 Å². The molecule has 0 saturated heterocycles. The molecule has 0 aliphatic rings. The molecule has 0 spiro atoms. The van der Waals surface area contributed by atoms with Crippen molar-refractivity contribution >= 4 is 25.7 Å². The van der Waals surface area contributed by atoms with Gasteiger partial charge in [-0.25, -0.2) is 4.57 Å². The lowest BCUT2D eigenvalue weighted by molar-refractivity contribution is -0.161. The summed E-state index contributed by atoms with van der Waals surface area (Å²) in [6.45, 7) is 4.44. The number of phosphoric acid groups is 1. The molecule has 0 aromatic carbocycles. The fraction of sp³-hybridized carbons (Fsp3) is 0.703. The van der Waals surface area contributed by atoms with E-state index < -0.39 is 57.8 Å². The minimum atomic E-state index is -4.77. The summed E-state index contributed by atoms with van der Waals surface area (Å²) in [7, 11) is -4.77. The molecule has 12 heteroatoms. The first-order valence-electron chi connectivity index (χ1n) is 30.1. The van der Waals surface area contributed by atoms with Gasteiger partial charge in [0, 0.05) is 19.3 Å². The molecule has 0 heterocycles. The number of allylic oxidation sites excluding steroid dienone is 16. The Kier molecular flexibility index (Phi) is 54.8. The second-order valence-corrected chi connectivity index (χ2v) is 21.2. The van der Waals surface area contributed by atoms with Gasteiger partial charge in [-0.05, 0) is 122 Å². The van der Waals surface area contributed by atoms with Gasteiger partial charge in [0.1, 0.15) is 12.7 Å². The Bertz CT molecular complexity index is 1640. The smallest absolute Gasteiger partial charge is 0.462 e. The first kappa shape index (κ1) is 72.4. The largest absolute Gasteiger partial charge is 0.472 e. The molecule has 76 heavy (non-hydrogen) atoms. The SMILES string of the molecule is CC/C=C\C/C=C\C/C=C\CCCCCCCC(=O)OC(CO)COP(=O)(O)OCC(COC(=O)CCCCCCC/C=C\C/C=C\CCCCC)OC(=O)CCCCCCCC/C=C\C/C=C\C/C=C\CCCCC. The number of hydrogen-bond acceptors (Lipinski definition) is 10. The van der Waals surface area contributed by atoms with Gasteiger partial charge in [-0.1, -0.05) is 208 Å². The Morgan fingerprint density at radius 1 is 0.382 bits per heavy atom. The predicted molar refractivity (Wildman–Crippen MR) is 316 cm³/mol. The van der Waals surface area contributed by atoms with E-state index in [4.69, 9.17) is 23.3 Å². The zero-order chi connectivity index (χ0) is 55.5. The van der Waals surface area contributed by atoms with Gasteiger partial charge in [0.2, 0.25) is 0 Å². The molecule has 3 unspecified atom stereocenters. The summed E-state index contributed by atoms with van der Waals surface area (Å²) in [5, 5.41) is 9.83. The number of ether oxygens (including phenoxy) is 3. The van der Waals surface area contributed by atoms with Gasteiger partial charge in [0.25, 0.3) is 0 Å². The van der Waals surface area contributed by atoms with E-state index in [1.54, 1.807) is 0 Å². The van der Waals surface area contributed by atoms with E-state index in [-0.39, 0.29) is 25.9 Å². The first-order valence-corrected chi connectivity index (χ1v) is 31.6. The van der Waals surface area contributed by atoms with Crippen LogP contribution in [0.2, 0.25) is 0 Å². The zero-order valence-electron chi connectivity index (χ0n) is 48.2. The van der Waals surface area contributed by atoms with Crippen molar-refractivity contribution in [3.05, 3.63) is 97.2 Å². The van der Waals surface area contributed by atoms with E-state index in [0.717, 1.165) is 148 Å². The maximum absolute atomic E-state index is 12.9. The average Bonchev–Trinajstić information content (AvgIpc) is 3.41. The van der Waals surface area contributed by atoms with Crippen LogP contribution in [-0.2, 0) is 42.2 Å². The van der Waals surface area contributed by atoms with Crippen molar-refractivity contribution in [2.24, 2.45) is 0 Å². The number of unbranched alkanes of at least 4 members (excludes halogenated alkanes) is 22. The summed E-state index contributed by atoms with van der Waals surface area (Å²) in [5.74, 6) is -1.51. The number of aliphatic hydroxyl groups is 1. The average molecular weight is 1090 g/mol. The van der Waals surface area contributed by atoms with Crippen molar-refractivity contribution in [1.82, 2.24) is 0 Å². The van der Waals surface area contributed by atoms with Gasteiger partial charge >= 0.3 is 25.7 Å². The van der Waals surface area contributed by atoms with Crippen LogP contribution in [0.15, 0.2) is 97.2 Å². The highest BCUT2D eigenvalue weighted by molar-refractivity contribution is 7.47. The number of hydrogen-bond donors (Lipinski definition) is 2. The molecule has 0 aliphatic carbocycles. The number of aliphatic hydroxyl groups excluding tert-OH is 1. The quantitative estimate of drug-likeness (QED) is 0.0197. The summed E-state index contributed by atoms with van der Waals surface area (Å²) < 4.78 is 39.6. The maximum atomic E-state index is 12.9. The summed E-state index contributed by atoms with van der Waals surface area (Å²) in [6.07, 6.45) is 67.8. The number of carbonyl (C=O) groups excluding carboxylic acids is 3. The molecule has 0 aliphatic heterocycles. The molecule has 2 N–H and O–H groups in total. The molecule has 0 bridgehead atoms. The first-order chi connectivity index (χ1) is 37.2. The molecule has 11 nitrogen and oxygen atoms in total. The highest BCUT2D eigenvalue weighted by Gasteiger charge is 2.28. The van der Waals surface area contributed by atoms with Gasteiger partial charge in [-0.15, -0.1) is 0 Å². The molecular formula is C64H109O11P. The van der Waals surface area contributed by atoms with Crippen LogP contribution in [0.1, 0.15) is 252 Å². The topological polar surface area (TPSA) is 155 Å². The van der Waals surface area contributed by atoms with Gasteiger partial charge in [0.05, 0.1) is 19.8 Å². The standard InChI is InChI=1S/C64H109O11P/c1-4-7-10-13-16-19-22-25-28-29-30-31-34-37-40-43-46-49-52-55-64(68)75-61(57-71-62(66)53-50-47-44-41-38-35-32-26-23-20-17-14-11-8-5-2)59-73-76(69,70)72-58-60(56-65)74-63(67)54-51-48-45-42-39-36-33-27-24-21-18-15-12-9-6-3/h9,12,16-21,25-28,30-33,60-61,65H,4-8,10-11,13-15,22-24,29,34-59H2,1-3H3,(H,69,70)/b12-9-,19-16-,20-17-,21-18-,28-25-,31-30-,32-26-,33-27-. The van der Waals surface area contributed by atoms with Crippen LogP contribution in [0.5, 0.6) is 0 Å². The van der Waals surface area contributed by atoms with Crippen LogP contribution < -0.4 is 0 Å². The molecule has 436 valence electrons. The fourth-order valence-electron chi connectivity index (χ4n) is 7.88. The lowest BCUT2D eigenvalue weighted by Crippen LogP contribution is -2.30. The van der Waals surface area contributed by atoms with E-state index in [1.165, 1.54) is 44.9 Å². The third kappa shape index (κ3) is 55.2. The van der Waals surface area contributed by atoms with Gasteiger partial charge in [-0.2, -0.15) is 0 Å². The Balaban J connectivity index is 4.78. The van der Waals surface area contributed by atoms with Crippen molar-refractivity contribution in [3.63, 3.8) is 0 Å². The van der Waals surface area contributed by atoms with E-state index in [1.807, 2.05) is 0 Å². The second-order valence-electron chi connectivity index (χ2n) is 19.8. The van der Waals surface area contributed by atoms with Crippen LogP contribution in [0.3, 0.4) is 0 Å². The van der Waals surface area contributed by atoms with E-state index >= 15 is 0 Å². The van der Waals surface area contributed by atoms with Crippen molar-refractivity contribution in [2.75, 3.05) is 26.4 Å². The van der Waals surface area contributed by atoms with Gasteiger partial charge in [0.15, 0.2) is 6.10 Å². The van der Waals surface area contributed by atoms with Gasteiger partial charge < -0.3 is 24.2 Å². The van der Waals surface area contributed by atoms with Gasteiger partial charge in [-0.3, -0.25) is 23.4 Å². The van der Waals surface area contributed by atoms with E-state index in [2.05, 4.69) is 118 Å². The minimum absolute atomic E-state index is 0.145. The number of phosphoric ester groups is 1. The van der Waals surface area contributed by atoms with E-state index in [0.29, 0.717) is 19.3 Å². The Morgan fingerprint density at radius 3 is 1.05 bits per heavy atom. The Morgan fingerprint density at radius 2 is 0.684 bits per heavy atom. The van der Waals surface area contributed by atoms with Crippen LogP contribution in [-0.4, -0.2) is 66.5 Å². The molecule has 0 aromatic heterocycles. The Labute approximate surface area is 463 Å². The lowest BCUT2D eigenvalue weighted by Gasteiger charge is -2.21. The van der Waals surface area contributed by atoms with Crippen LogP contribution in [0.25, 0.3) is 0 Å². The lowest BCUT2D eigenvalue weighted by atomic mass is 10.1. The minimum Gasteiger partial charge on any atom is -0.462 e. The summed E-state index contributed by atoms with van der Waals surface area (Å²) in [6, 6.07) is 0. The molecule has 0 radical (unpaired) electrons. The molecule has 0 saturated carbocycles. The number of rotatable bonds is 55. The number of esters is 3. The predicted octanol–water partition coefficient (Wildman–Crippen LogP) is 18.0. The van der Waals surface area contributed by atoms with Crippen molar-refractivity contribution in [2.45, 2.75) is 264 Å². The highest BCUT2D eigenvalue weighted by atomic mass is 31.2. The van der Waals surface area contributed by atoms with Crippen molar-refractivity contribution < 1.29 is 52.2 Å². The molecule has 0 amide bonds. The maximum Gasteiger partial charge on any atom is 0.472 e. The fourth-order valence-corrected chi connectivity index (χ4v) is 8.66.